The predicted molar refractivity (Wildman–Crippen MR) is 142 cm³/mol. The number of hydrogen-bond donors (Lipinski definition) is 4. The van der Waals surface area contributed by atoms with E-state index >= 15 is 0 Å². The van der Waals surface area contributed by atoms with Crippen molar-refractivity contribution in [1.82, 2.24) is 19.3 Å². The van der Waals surface area contributed by atoms with E-state index in [4.69, 9.17) is 11.6 Å². The number of carbonyl (C=O) groups excluding carboxylic acids is 1. The van der Waals surface area contributed by atoms with Crippen LogP contribution in [0.1, 0.15) is 77.9 Å². The molecule has 3 aliphatic rings. The van der Waals surface area contributed by atoms with Crippen LogP contribution in [0.4, 0.5) is 23.2 Å². The zero-order valence-corrected chi connectivity index (χ0v) is 23.3. The van der Waals surface area contributed by atoms with Crippen molar-refractivity contribution in [2.45, 2.75) is 74.5 Å². The highest BCUT2D eigenvalue weighted by Crippen LogP contribution is 2.58. The monoisotopic (exact) mass is 611 g/mol. The molecule has 0 spiro atoms. The van der Waals surface area contributed by atoms with Gasteiger partial charge in [-0.3, -0.25) is 9.48 Å². The van der Waals surface area contributed by atoms with Gasteiger partial charge in [0.05, 0.1) is 40.9 Å². The molecule has 3 aliphatic carbocycles. The molecule has 0 bridgehead atoms. The van der Waals surface area contributed by atoms with Gasteiger partial charge in [0, 0.05) is 30.4 Å². The molecular formula is C28H30ClF4N5O4. The van der Waals surface area contributed by atoms with E-state index in [0.717, 1.165) is 10.7 Å². The number of rotatable bonds is 5. The van der Waals surface area contributed by atoms with Crippen LogP contribution in [-0.4, -0.2) is 52.8 Å². The third kappa shape index (κ3) is 5.10. The molecule has 4 N–H and O–H groups in total. The second-order valence-corrected chi connectivity index (χ2v) is 12.3. The molecule has 6 rings (SSSR count). The van der Waals surface area contributed by atoms with Gasteiger partial charge in [0.1, 0.15) is 11.5 Å². The summed E-state index contributed by atoms with van der Waals surface area (Å²) in [5, 5.41) is 37.8. The van der Waals surface area contributed by atoms with E-state index < -0.39 is 47.4 Å². The van der Waals surface area contributed by atoms with E-state index in [9.17, 15) is 37.7 Å². The lowest BCUT2D eigenvalue weighted by Crippen LogP contribution is -2.26. The number of aliphatic hydroxyl groups excluding tert-OH is 2. The third-order valence-corrected chi connectivity index (χ3v) is 9.42. The van der Waals surface area contributed by atoms with Gasteiger partial charge >= 0.3 is 6.18 Å². The number of aryl methyl sites for hydroxylation is 1. The van der Waals surface area contributed by atoms with Crippen LogP contribution in [-0.2, 0) is 18.8 Å². The number of imidazole rings is 1. The second kappa shape index (κ2) is 10.3. The van der Waals surface area contributed by atoms with Crippen molar-refractivity contribution >= 4 is 23.2 Å². The first-order valence-electron chi connectivity index (χ1n) is 13.8. The Bertz CT molecular complexity index is 1500. The lowest BCUT2D eigenvalue weighted by molar-refractivity contribution is -0.144. The summed E-state index contributed by atoms with van der Waals surface area (Å²) in [5.41, 5.74) is -1.99. The fraction of sp³-hybridized carbons (Fsp3) is 0.536. The summed E-state index contributed by atoms with van der Waals surface area (Å²) in [5.74, 6) is -1.42. The van der Waals surface area contributed by atoms with E-state index in [1.165, 1.54) is 24.7 Å². The van der Waals surface area contributed by atoms with Crippen molar-refractivity contribution < 1.29 is 37.7 Å². The minimum Gasteiger partial charge on any atom is -0.390 e. The fourth-order valence-corrected chi connectivity index (χ4v) is 7.39. The number of amides is 1. The zero-order valence-electron chi connectivity index (χ0n) is 22.5. The predicted octanol–water partition coefficient (Wildman–Crippen LogP) is 4.53. The molecule has 2 aromatic heterocycles. The van der Waals surface area contributed by atoms with E-state index in [1.54, 1.807) is 11.6 Å². The van der Waals surface area contributed by atoms with E-state index in [-0.39, 0.29) is 54.0 Å². The summed E-state index contributed by atoms with van der Waals surface area (Å²) < 4.78 is 58.4. The van der Waals surface area contributed by atoms with Crippen molar-refractivity contribution in [3.63, 3.8) is 0 Å². The summed E-state index contributed by atoms with van der Waals surface area (Å²) in [7, 11) is 1.68. The van der Waals surface area contributed by atoms with E-state index in [1.807, 2.05) is 0 Å². The first-order chi connectivity index (χ1) is 19.7. The Hall–Kier alpha value is -3.00. The number of anilines is 1. The van der Waals surface area contributed by atoms with Crippen LogP contribution in [0.25, 0.3) is 0 Å². The maximum absolute atomic E-state index is 14.1. The largest absolute Gasteiger partial charge is 0.435 e. The highest BCUT2D eigenvalue weighted by Gasteiger charge is 2.54. The van der Waals surface area contributed by atoms with Crippen LogP contribution >= 0.6 is 11.6 Å². The number of benzene rings is 1. The maximum atomic E-state index is 14.1. The van der Waals surface area contributed by atoms with Crippen molar-refractivity contribution in [3.05, 3.63) is 64.2 Å². The first-order valence-corrected chi connectivity index (χ1v) is 14.1. The van der Waals surface area contributed by atoms with Gasteiger partial charge < -0.3 is 25.2 Å². The van der Waals surface area contributed by atoms with Gasteiger partial charge in [-0.25, -0.2) is 9.37 Å². The molecule has 14 heteroatoms. The number of halogens is 5. The molecule has 226 valence electrons. The first kappa shape index (κ1) is 29.1. The number of nitrogens with zero attached hydrogens (tertiary/aromatic N) is 4. The average Bonchev–Trinajstić information content (AvgIpc) is 3.70. The molecule has 1 aromatic carbocycles. The molecule has 2 heterocycles. The van der Waals surface area contributed by atoms with Crippen LogP contribution in [0.5, 0.6) is 0 Å². The third-order valence-electron chi connectivity index (χ3n) is 9.13. The molecule has 0 saturated heterocycles. The summed E-state index contributed by atoms with van der Waals surface area (Å²) in [4.78, 5) is 17.7. The number of fused-ring (bicyclic) bond motifs is 1. The van der Waals surface area contributed by atoms with Gasteiger partial charge in [0.15, 0.2) is 5.69 Å². The minimum atomic E-state index is -4.79. The number of aromatic nitrogens is 4. The van der Waals surface area contributed by atoms with Crippen LogP contribution < -0.4 is 5.32 Å². The fourth-order valence-electron chi connectivity index (χ4n) is 7.21. The van der Waals surface area contributed by atoms with Gasteiger partial charge in [0.2, 0.25) is 0 Å². The van der Waals surface area contributed by atoms with Crippen LogP contribution in [0.2, 0.25) is 5.02 Å². The topological polar surface area (TPSA) is 125 Å². The van der Waals surface area contributed by atoms with Crippen molar-refractivity contribution in [3.8, 4) is 0 Å². The van der Waals surface area contributed by atoms with Crippen LogP contribution in [0, 0.1) is 17.7 Å². The average molecular weight is 612 g/mol. The number of alkyl halides is 3. The lowest BCUT2D eigenvalue weighted by atomic mass is 9.87. The molecule has 0 radical (unpaired) electrons. The number of aliphatic hydroxyl groups is 3. The second-order valence-electron chi connectivity index (χ2n) is 11.9. The Morgan fingerprint density at radius 2 is 1.76 bits per heavy atom. The number of hydrogen-bond acceptors (Lipinski definition) is 6. The maximum Gasteiger partial charge on any atom is 0.435 e. The van der Waals surface area contributed by atoms with Gasteiger partial charge in [-0.2, -0.15) is 18.3 Å². The van der Waals surface area contributed by atoms with E-state index in [0.29, 0.717) is 29.9 Å². The lowest BCUT2D eigenvalue weighted by Gasteiger charge is -2.25. The molecule has 4 atom stereocenters. The smallest absolute Gasteiger partial charge is 0.390 e. The number of nitrogens with one attached hydrogen (secondary N) is 1. The molecule has 3 aromatic rings. The number of carbonyl (C=O) groups is 1. The summed E-state index contributed by atoms with van der Waals surface area (Å²) in [6.45, 7) is 0. The van der Waals surface area contributed by atoms with Gasteiger partial charge in [-0.15, -0.1) is 0 Å². The highest BCUT2D eigenvalue weighted by molar-refractivity contribution is 6.31. The molecule has 1 amide bonds. The van der Waals surface area contributed by atoms with Crippen molar-refractivity contribution in [2.24, 2.45) is 18.9 Å². The quantitative estimate of drug-likeness (QED) is 0.314. The SMILES string of the molecule is Cn1cnc(C2CC3CC(O)(c4cn(C5CC(O)C(O)C5)nc4C(F)(F)F)CC3C2)c1C(=O)Nc1ccc(F)c(Cl)c1. The Morgan fingerprint density at radius 3 is 2.36 bits per heavy atom. The van der Waals surface area contributed by atoms with Crippen LogP contribution in [0.15, 0.2) is 30.7 Å². The van der Waals surface area contributed by atoms with Gasteiger partial charge in [-0.05, 0) is 68.6 Å². The van der Waals surface area contributed by atoms with Gasteiger partial charge in [-0.1, -0.05) is 11.6 Å². The van der Waals surface area contributed by atoms with Gasteiger partial charge in [0.25, 0.3) is 5.91 Å². The summed E-state index contributed by atoms with van der Waals surface area (Å²) in [6.07, 6.45) is -2.75. The Labute approximate surface area is 243 Å². The van der Waals surface area contributed by atoms with E-state index in [2.05, 4.69) is 15.4 Å². The normalized spacial score (nSPS) is 31.1. The van der Waals surface area contributed by atoms with Crippen LogP contribution in [0.3, 0.4) is 0 Å². The molecule has 0 aliphatic heterocycles. The summed E-state index contributed by atoms with van der Waals surface area (Å²) >= 11 is 5.84. The Kier molecular flexibility index (Phi) is 7.15. The Balaban J connectivity index is 1.20. The zero-order chi connectivity index (χ0) is 30.1. The van der Waals surface area contributed by atoms with Crippen molar-refractivity contribution in [1.29, 1.82) is 0 Å². The molecule has 3 fully saturated rings. The minimum absolute atomic E-state index is 0.0686. The van der Waals surface area contributed by atoms with Crippen molar-refractivity contribution in [2.75, 3.05) is 5.32 Å². The Morgan fingerprint density at radius 1 is 1.12 bits per heavy atom. The highest BCUT2D eigenvalue weighted by atomic mass is 35.5. The summed E-state index contributed by atoms with van der Waals surface area (Å²) in [6, 6.07) is 3.23. The molecular weight excluding hydrogens is 582 g/mol. The molecule has 4 unspecified atom stereocenters. The molecule has 9 nitrogen and oxygen atoms in total. The standard InChI is InChI=1S/C28H30ClF4N5O4/c1-37-12-34-23(24(37)26(41)35-16-2-3-20(30)19(29)6-16)13-4-14-9-27(42,10-15(14)5-13)18-11-38(36-25(18)28(31,32)33)17-7-21(39)22(40)8-17/h2-3,6,11-15,17,21-22,39-40,42H,4-5,7-10H2,1H3,(H,35,41). The molecule has 3 saturated carbocycles. The molecule has 42 heavy (non-hydrogen) atoms.